The molecule has 0 aromatic carbocycles. The topological polar surface area (TPSA) is 58.9 Å². The zero-order valence-electron chi connectivity index (χ0n) is 7.74. The summed E-state index contributed by atoms with van der Waals surface area (Å²) in [5, 5.41) is 8.73. The van der Waals surface area contributed by atoms with Crippen LogP contribution in [0.5, 0.6) is 0 Å². The number of thioether (sulfide) groups is 1. The van der Waals surface area contributed by atoms with Crippen molar-refractivity contribution in [3.8, 4) is 0 Å². The van der Waals surface area contributed by atoms with E-state index >= 15 is 0 Å². The molecule has 4 nitrogen and oxygen atoms in total. The molecule has 13 heavy (non-hydrogen) atoms. The number of ether oxygens (including phenoxy) is 1. The summed E-state index contributed by atoms with van der Waals surface area (Å²) in [6.45, 7) is 5.64. The van der Waals surface area contributed by atoms with Crippen LogP contribution < -0.4 is 0 Å². The van der Waals surface area contributed by atoms with Crippen LogP contribution in [0.3, 0.4) is 0 Å². The number of aliphatic imine (C=N–C) groups is 1. The van der Waals surface area contributed by atoms with Crippen LogP contribution in [0.4, 0.5) is 0 Å². The van der Waals surface area contributed by atoms with Gasteiger partial charge in [-0.2, -0.15) is 0 Å². The minimum atomic E-state index is -1.04. The number of hydrogen-bond donors (Lipinski definition) is 1. The van der Waals surface area contributed by atoms with Gasteiger partial charge in [0.15, 0.2) is 4.91 Å². The predicted octanol–water partition coefficient (Wildman–Crippen LogP) is 1.73. The Morgan fingerprint density at radius 3 is 2.62 bits per heavy atom. The second kappa shape index (κ2) is 6.54. The highest BCUT2D eigenvalue weighted by Gasteiger charge is 2.13. The lowest BCUT2D eigenvalue weighted by atomic mass is 10.5. The van der Waals surface area contributed by atoms with E-state index in [0.717, 1.165) is 18.2 Å². The molecule has 0 amide bonds. The average Bonchev–Trinajstić information content (AvgIpc) is 2.11. The van der Waals surface area contributed by atoms with E-state index in [9.17, 15) is 4.79 Å². The van der Waals surface area contributed by atoms with E-state index in [0.29, 0.717) is 6.61 Å². The second-order valence-electron chi connectivity index (χ2n) is 2.15. The van der Waals surface area contributed by atoms with E-state index in [4.69, 9.17) is 9.84 Å². The molecule has 0 fully saturated rings. The highest BCUT2D eigenvalue weighted by molar-refractivity contribution is 8.03. The van der Waals surface area contributed by atoms with Crippen LogP contribution in [0.25, 0.3) is 0 Å². The third-order valence-electron chi connectivity index (χ3n) is 1.18. The summed E-state index contributed by atoms with van der Waals surface area (Å²) in [6, 6.07) is 0. The van der Waals surface area contributed by atoms with Crippen molar-refractivity contribution < 1.29 is 14.6 Å². The third-order valence-corrected chi connectivity index (χ3v) is 1.94. The number of rotatable bonds is 6. The Labute approximate surface area is 81.7 Å². The largest absolute Gasteiger partial charge is 0.477 e. The molecule has 0 bridgehead atoms. The molecule has 0 radical (unpaired) electrons. The maximum atomic E-state index is 10.6. The van der Waals surface area contributed by atoms with Crippen LogP contribution in [-0.4, -0.2) is 30.7 Å². The van der Waals surface area contributed by atoms with Crippen LogP contribution in [0, 0.1) is 0 Å². The second-order valence-corrected chi connectivity index (χ2v) is 2.97. The van der Waals surface area contributed by atoms with Gasteiger partial charge in [-0.25, -0.2) is 9.79 Å². The SMILES string of the molecule is C=N/C(OCCC)=C(\SC)C(=O)O. The fourth-order valence-electron chi connectivity index (χ4n) is 0.648. The highest BCUT2D eigenvalue weighted by atomic mass is 32.2. The maximum Gasteiger partial charge on any atom is 0.347 e. The lowest BCUT2D eigenvalue weighted by Crippen LogP contribution is -2.03. The van der Waals surface area contributed by atoms with Gasteiger partial charge in [0.05, 0.1) is 6.61 Å². The van der Waals surface area contributed by atoms with Crippen molar-refractivity contribution in [1.82, 2.24) is 0 Å². The molecule has 0 aliphatic heterocycles. The van der Waals surface area contributed by atoms with Gasteiger partial charge in [-0.05, 0) is 19.4 Å². The molecule has 0 aliphatic carbocycles. The monoisotopic (exact) mass is 203 g/mol. The molecule has 0 saturated carbocycles. The quantitative estimate of drug-likeness (QED) is 0.406. The van der Waals surface area contributed by atoms with Crippen molar-refractivity contribution in [1.29, 1.82) is 0 Å². The van der Waals surface area contributed by atoms with E-state index < -0.39 is 5.97 Å². The zero-order valence-corrected chi connectivity index (χ0v) is 8.56. The molecule has 0 aliphatic rings. The van der Waals surface area contributed by atoms with Crippen molar-refractivity contribution in [2.45, 2.75) is 13.3 Å². The van der Waals surface area contributed by atoms with Crippen LogP contribution in [0.1, 0.15) is 13.3 Å². The van der Waals surface area contributed by atoms with E-state index in [1.165, 1.54) is 0 Å². The molecule has 0 atom stereocenters. The summed E-state index contributed by atoms with van der Waals surface area (Å²) in [6.07, 6.45) is 2.46. The number of hydrogen-bond acceptors (Lipinski definition) is 4. The molecule has 0 unspecified atom stereocenters. The standard InChI is InChI=1S/C8H13NO3S/c1-4-5-12-7(9-2)6(13-3)8(10)11/h2,4-5H2,1,3H3,(H,10,11)/b7-6+. The number of aliphatic carboxylic acids is 1. The molecular weight excluding hydrogens is 190 g/mol. The molecule has 0 saturated heterocycles. The van der Waals surface area contributed by atoms with Gasteiger partial charge in [-0.3, -0.25) is 0 Å². The molecule has 5 heteroatoms. The van der Waals surface area contributed by atoms with Crippen molar-refractivity contribution in [3.05, 3.63) is 10.8 Å². The van der Waals surface area contributed by atoms with Gasteiger partial charge in [0, 0.05) is 0 Å². The Balaban J connectivity index is 4.61. The maximum absolute atomic E-state index is 10.6. The molecule has 0 spiro atoms. The first-order chi connectivity index (χ1) is 6.17. The van der Waals surface area contributed by atoms with Gasteiger partial charge in [-0.1, -0.05) is 6.92 Å². The van der Waals surface area contributed by atoms with E-state index in [1.54, 1.807) is 6.26 Å². The van der Waals surface area contributed by atoms with E-state index in [2.05, 4.69) is 11.7 Å². The minimum Gasteiger partial charge on any atom is -0.477 e. The first-order valence-corrected chi connectivity index (χ1v) is 5.00. The molecular formula is C8H13NO3S. The smallest absolute Gasteiger partial charge is 0.347 e. The van der Waals surface area contributed by atoms with Gasteiger partial charge in [0.25, 0.3) is 0 Å². The average molecular weight is 203 g/mol. The molecule has 0 heterocycles. The normalized spacial score (nSPS) is 11.8. The van der Waals surface area contributed by atoms with Crippen LogP contribution >= 0.6 is 11.8 Å². The zero-order chi connectivity index (χ0) is 10.3. The lowest BCUT2D eigenvalue weighted by molar-refractivity contribution is -0.132. The Morgan fingerprint density at radius 1 is 1.69 bits per heavy atom. The van der Waals surface area contributed by atoms with Crippen molar-refractivity contribution in [2.75, 3.05) is 12.9 Å². The Hall–Kier alpha value is -0.970. The molecule has 0 aromatic heterocycles. The first kappa shape index (κ1) is 12.0. The van der Waals surface area contributed by atoms with Crippen LogP contribution in [-0.2, 0) is 9.53 Å². The Morgan fingerprint density at radius 2 is 2.31 bits per heavy atom. The summed E-state index contributed by atoms with van der Waals surface area (Å²) in [5.41, 5.74) is 0. The fourth-order valence-corrected chi connectivity index (χ4v) is 1.12. The first-order valence-electron chi connectivity index (χ1n) is 3.78. The van der Waals surface area contributed by atoms with Gasteiger partial charge < -0.3 is 9.84 Å². The minimum absolute atomic E-state index is 0.0865. The summed E-state index contributed by atoms with van der Waals surface area (Å²) in [5.74, 6) is -0.937. The molecule has 0 rings (SSSR count). The summed E-state index contributed by atoms with van der Waals surface area (Å²) in [4.78, 5) is 14.3. The van der Waals surface area contributed by atoms with Gasteiger partial charge in [-0.15, -0.1) is 11.8 Å². The van der Waals surface area contributed by atoms with E-state index in [1.807, 2.05) is 6.92 Å². The van der Waals surface area contributed by atoms with Crippen LogP contribution in [0.15, 0.2) is 15.8 Å². The molecule has 74 valence electrons. The fraction of sp³-hybridized carbons (Fsp3) is 0.500. The summed E-state index contributed by atoms with van der Waals surface area (Å²) in [7, 11) is 0. The summed E-state index contributed by atoms with van der Waals surface area (Å²) < 4.78 is 5.10. The number of nitrogens with zero attached hydrogens (tertiary/aromatic N) is 1. The van der Waals surface area contributed by atoms with Crippen LogP contribution in [0.2, 0.25) is 0 Å². The number of carboxylic acids is 1. The highest BCUT2D eigenvalue weighted by Crippen LogP contribution is 2.18. The van der Waals surface area contributed by atoms with Gasteiger partial charge in [0.2, 0.25) is 5.88 Å². The van der Waals surface area contributed by atoms with Crippen molar-refractivity contribution in [2.24, 2.45) is 4.99 Å². The third kappa shape index (κ3) is 3.98. The molecule has 0 aromatic rings. The summed E-state index contributed by atoms with van der Waals surface area (Å²) >= 11 is 1.08. The van der Waals surface area contributed by atoms with E-state index in [-0.39, 0.29) is 10.8 Å². The van der Waals surface area contributed by atoms with Crippen molar-refractivity contribution in [3.63, 3.8) is 0 Å². The Bertz CT molecular complexity index is 225. The Kier molecular flexibility index (Phi) is 6.05. The lowest BCUT2D eigenvalue weighted by Gasteiger charge is -2.06. The molecule has 1 N–H and O–H groups in total. The predicted molar refractivity (Wildman–Crippen MR) is 54.0 cm³/mol. The van der Waals surface area contributed by atoms with Gasteiger partial charge in [0.1, 0.15) is 0 Å². The number of carboxylic acid groups (broad SMARTS) is 1. The van der Waals surface area contributed by atoms with Gasteiger partial charge >= 0.3 is 5.97 Å². The number of carbonyl (C=O) groups is 1. The van der Waals surface area contributed by atoms with Crippen molar-refractivity contribution >= 4 is 24.4 Å².